The van der Waals surface area contributed by atoms with Gasteiger partial charge in [-0.25, -0.2) is 14.6 Å². The van der Waals surface area contributed by atoms with Crippen molar-refractivity contribution >= 4 is 40.7 Å². The molecule has 1 aromatic heterocycles. The summed E-state index contributed by atoms with van der Waals surface area (Å²) < 4.78 is 9.72. The van der Waals surface area contributed by atoms with Crippen LogP contribution in [0.4, 0.5) is 9.59 Å². The fourth-order valence-corrected chi connectivity index (χ4v) is 14.3. The molecule has 5 N–H and O–H groups in total. The van der Waals surface area contributed by atoms with Crippen LogP contribution in [0, 0.1) is 29.1 Å². The number of aromatic amines is 1. The molecule has 0 bridgehead atoms. The number of methoxy groups -OCH3 is 2. The standard InChI is InChI=1S/C57H72N8O7/c1-30(2)48(61-55(69)71-5)53(67)64-23-11-14-45(64)50-58-29-44(60-50)39-19-18-37(35-12-7-8-13-36(35)39)38-17-16-34(41-27-57(28-42(38)41)21-9-10-22-57)32-15-20-43-40(24-32)52(66)63-51(59-43)47-26-33-25-46(33)65(47)54(68)49(31(3)4)62-56(70)72-6/h7-8,12-13,16-19,29-33,40,43,45-49,51,59H,9-11,14-15,20-28H2,1-6H3,(H,58,60)(H,61,69)(H,62,70)(H,63,66)/t32?,33?,40?,43?,45-,46?,47-,48-,49-,51?/m0/s1. The third kappa shape index (κ3) is 8.60. The monoisotopic (exact) mass is 981 g/mol. The number of alkyl carbamates (subject to hydrolysis) is 2. The van der Waals surface area contributed by atoms with Gasteiger partial charge in [0.1, 0.15) is 24.1 Å². The number of piperidine rings is 1. The summed E-state index contributed by atoms with van der Waals surface area (Å²) in [5.74, 6) is 0.864. The van der Waals surface area contributed by atoms with Gasteiger partial charge in [-0.15, -0.1) is 0 Å². The van der Waals surface area contributed by atoms with Crippen LogP contribution < -0.4 is 21.3 Å². The van der Waals surface area contributed by atoms with Crippen molar-refractivity contribution in [2.75, 3.05) is 20.8 Å². The Labute approximate surface area is 422 Å². The summed E-state index contributed by atoms with van der Waals surface area (Å²) in [6, 6.07) is 16.3. The van der Waals surface area contributed by atoms with E-state index in [9.17, 15) is 24.0 Å². The molecule has 4 aliphatic carbocycles. The van der Waals surface area contributed by atoms with Gasteiger partial charge in [-0.3, -0.25) is 19.7 Å². The van der Waals surface area contributed by atoms with Crippen molar-refractivity contribution in [3.05, 3.63) is 77.2 Å². The van der Waals surface area contributed by atoms with Crippen molar-refractivity contribution < 1.29 is 33.4 Å². The van der Waals surface area contributed by atoms with Crippen LogP contribution >= 0.6 is 0 Å². The number of amides is 5. The molecule has 3 saturated heterocycles. The number of carbonyl (C=O) groups excluding carboxylic acids is 5. The van der Waals surface area contributed by atoms with Gasteiger partial charge in [0.15, 0.2) is 0 Å². The number of nitrogens with one attached hydrogen (secondary N) is 5. The molecule has 10 atom stereocenters. The molecular formula is C57H72N8O7. The molecule has 11 rings (SSSR count). The van der Waals surface area contributed by atoms with Crippen molar-refractivity contribution in [3.63, 3.8) is 0 Å². The third-order valence-electron chi connectivity index (χ3n) is 18.1. The zero-order chi connectivity index (χ0) is 50.2. The first-order chi connectivity index (χ1) is 34.8. The summed E-state index contributed by atoms with van der Waals surface area (Å²) >= 11 is 0. The maximum atomic E-state index is 14.3. The number of hydrogen-bond donors (Lipinski definition) is 5. The summed E-state index contributed by atoms with van der Waals surface area (Å²) in [4.78, 5) is 79.2. The number of ether oxygens (including phenoxy) is 2. The molecule has 72 heavy (non-hydrogen) atoms. The number of hydrogen-bond acceptors (Lipinski definition) is 9. The van der Waals surface area contributed by atoms with Crippen molar-refractivity contribution in [3.8, 4) is 22.4 Å². The van der Waals surface area contributed by atoms with Crippen LogP contribution in [-0.2, 0) is 36.7 Å². The fourth-order valence-electron chi connectivity index (χ4n) is 14.3. The third-order valence-corrected chi connectivity index (χ3v) is 18.1. The second-order valence-corrected chi connectivity index (χ2v) is 23.0. The Kier molecular flexibility index (Phi) is 12.8. The van der Waals surface area contributed by atoms with E-state index in [1.807, 2.05) is 43.7 Å². The van der Waals surface area contributed by atoms with E-state index in [0.717, 1.165) is 80.3 Å². The second kappa shape index (κ2) is 19.1. The summed E-state index contributed by atoms with van der Waals surface area (Å²) in [7, 11) is 2.62. The molecule has 7 aliphatic rings. The Morgan fingerprint density at radius 3 is 2.11 bits per heavy atom. The van der Waals surface area contributed by atoms with E-state index >= 15 is 0 Å². The minimum Gasteiger partial charge on any atom is -0.453 e. The molecule has 5 amide bonds. The Hall–Kier alpha value is -5.96. The molecule has 4 aromatic rings. The summed E-state index contributed by atoms with van der Waals surface area (Å²) in [6.45, 7) is 8.30. The molecule has 6 fully saturated rings. The second-order valence-electron chi connectivity index (χ2n) is 23.0. The number of H-pyrrole nitrogens is 1. The normalized spacial score (nSPS) is 27.9. The number of rotatable bonds is 11. The van der Waals surface area contributed by atoms with E-state index in [2.05, 4.69) is 74.8 Å². The van der Waals surface area contributed by atoms with Crippen LogP contribution in [0.3, 0.4) is 0 Å². The first-order valence-electron chi connectivity index (χ1n) is 26.9. The molecule has 3 saturated carbocycles. The van der Waals surface area contributed by atoms with Gasteiger partial charge in [0.05, 0.1) is 44.1 Å². The predicted octanol–water partition coefficient (Wildman–Crippen LogP) is 8.27. The Bertz CT molecular complexity index is 2780. The van der Waals surface area contributed by atoms with Gasteiger partial charge in [0.2, 0.25) is 17.7 Å². The van der Waals surface area contributed by atoms with Gasteiger partial charge in [-0.2, -0.15) is 0 Å². The molecule has 3 aliphatic heterocycles. The molecule has 0 radical (unpaired) electrons. The molecule has 4 heterocycles. The van der Waals surface area contributed by atoms with Gasteiger partial charge >= 0.3 is 12.2 Å². The number of likely N-dealkylation sites (tertiary alicyclic amines) is 2. The van der Waals surface area contributed by atoms with Gasteiger partial charge in [-0.1, -0.05) is 89.1 Å². The van der Waals surface area contributed by atoms with Crippen LogP contribution in [0.5, 0.6) is 0 Å². The number of imidazole rings is 1. The quantitative estimate of drug-likeness (QED) is 0.0987. The van der Waals surface area contributed by atoms with Crippen LogP contribution in [0.2, 0.25) is 0 Å². The molecular weight excluding hydrogens is 909 g/mol. The van der Waals surface area contributed by atoms with E-state index in [4.69, 9.17) is 14.5 Å². The number of aromatic nitrogens is 2. The van der Waals surface area contributed by atoms with Crippen molar-refractivity contribution in [1.82, 2.24) is 41.0 Å². The number of nitrogens with zero attached hydrogens (tertiary/aromatic N) is 3. The smallest absolute Gasteiger partial charge is 0.407 e. The molecule has 6 unspecified atom stereocenters. The zero-order valence-electron chi connectivity index (χ0n) is 42.7. The molecule has 382 valence electrons. The van der Waals surface area contributed by atoms with Crippen molar-refractivity contribution in [2.24, 2.45) is 29.1 Å². The molecule has 15 nitrogen and oxygen atoms in total. The van der Waals surface area contributed by atoms with Gasteiger partial charge in [0, 0.05) is 24.2 Å². The van der Waals surface area contributed by atoms with E-state index in [1.54, 1.807) is 0 Å². The first-order valence-corrected chi connectivity index (χ1v) is 26.9. The average molecular weight is 981 g/mol. The Balaban J connectivity index is 0.843. The summed E-state index contributed by atoms with van der Waals surface area (Å²) in [5.41, 5.74) is 9.14. The van der Waals surface area contributed by atoms with Gasteiger partial charge in [-0.05, 0) is 138 Å². The van der Waals surface area contributed by atoms with E-state index < -0.39 is 24.3 Å². The van der Waals surface area contributed by atoms with Crippen molar-refractivity contribution in [1.29, 1.82) is 0 Å². The largest absolute Gasteiger partial charge is 0.453 e. The average Bonchev–Trinajstić information content (AvgIpc) is 4.03. The Morgan fingerprint density at radius 1 is 0.750 bits per heavy atom. The molecule has 1 spiro atoms. The number of carbonyl (C=O) groups is 5. The van der Waals surface area contributed by atoms with E-state index in [-0.39, 0.29) is 77.1 Å². The lowest BCUT2D eigenvalue weighted by Gasteiger charge is -2.46. The number of fused-ring (bicyclic) bond motifs is 4. The SMILES string of the molecule is COC(=O)N[C@H](C(=O)N1CCC[C@H]1c1ncc(-c2ccc(-c3ccc(C4CCC5NC([C@@H]6CC7CC7N6C(=O)[C@@H](NC(=O)OC)C(C)C)NC(=O)C5C4)c4c3CC3(CCCC3)C4)c3ccccc23)[nH]1)C(C)C. The lowest BCUT2D eigenvalue weighted by molar-refractivity contribution is -0.140. The lowest BCUT2D eigenvalue weighted by Crippen LogP contribution is -2.69. The predicted molar refractivity (Wildman–Crippen MR) is 273 cm³/mol. The van der Waals surface area contributed by atoms with E-state index in [1.165, 1.54) is 73.1 Å². The van der Waals surface area contributed by atoms with Crippen molar-refractivity contribution in [2.45, 2.75) is 160 Å². The minimum atomic E-state index is -0.703. The highest BCUT2D eigenvalue weighted by molar-refractivity contribution is 6.05. The maximum Gasteiger partial charge on any atom is 0.407 e. The van der Waals surface area contributed by atoms with Crippen LogP contribution in [-0.4, -0.2) is 107 Å². The van der Waals surface area contributed by atoms with Crippen LogP contribution in [0.25, 0.3) is 33.2 Å². The number of benzene rings is 3. The highest BCUT2D eigenvalue weighted by Crippen LogP contribution is 2.55. The zero-order valence-corrected chi connectivity index (χ0v) is 42.7. The molecule has 15 heteroatoms. The van der Waals surface area contributed by atoms with Gasteiger partial charge < -0.3 is 40.2 Å². The first kappa shape index (κ1) is 48.3. The van der Waals surface area contributed by atoms with Crippen LogP contribution in [0.15, 0.2) is 54.7 Å². The van der Waals surface area contributed by atoms with Crippen LogP contribution in [0.1, 0.15) is 133 Å². The maximum absolute atomic E-state index is 14.3. The topological polar surface area (TPSA) is 187 Å². The lowest BCUT2D eigenvalue weighted by atomic mass is 9.72. The highest BCUT2D eigenvalue weighted by atomic mass is 16.5. The van der Waals surface area contributed by atoms with E-state index in [0.29, 0.717) is 12.5 Å². The highest BCUT2D eigenvalue weighted by Gasteiger charge is 2.58. The summed E-state index contributed by atoms with van der Waals surface area (Å²) in [6.07, 6.45) is 13.6. The summed E-state index contributed by atoms with van der Waals surface area (Å²) in [5, 5.41) is 15.1. The molecule has 3 aromatic carbocycles. The minimum absolute atomic E-state index is 0.0273. The fraction of sp³-hybridized carbons (Fsp3) is 0.579. The Morgan fingerprint density at radius 2 is 1.40 bits per heavy atom. The van der Waals surface area contributed by atoms with Gasteiger partial charge in [0.25, 0.3) is 0 Å².